The van der Waals surface area contributed by atoms with Gasteiger partial charge in [0.15, 0.2) is 22.5 Å². The Morgan fingerprint density at radius 3 is 2.69 bits per heavy atom. The third kappa shape index (κ3) is 4.48. The normalized spacial score (nSPS) is 12.2. The average Bonchev–Trinajstić information content (AvgIpc) is 3.64. The molecule has 5 aromatic rings. The molecule has 3 heterocycles. The molecule has 6 rings (SSSR count). The Hall–Kier alpha value is -4.38. The molecule has 2 aromatic heterocycles. The van der Waals surface area contributed by atoms with Gasteiger partial charge in [0.25, 0.3) is 0 Å². The molecule has 0 radical (unpaired) electrons. The summed E-state index contributed by atoms with van der Waals surface area (Å²) in [5, 5.41) is 21.0. The SMILES string of the molecule is O=C(CCSc1nnc(Cn2nnc3ccccc32)n1-c1ccccc1)Nc1ccc2c(c1)OCO2. The minimum Gasteiger partial charge on any atom is -0.454 e. The Balaban J connectivity index is 1.17. The maximum Gasteiger partial charge on any atom is 0.231 e. The molecule has 1 aliphatic heterocycles. The number of carbonyl (C=O) groups is 1. The summed E-state index contributed by atoms with van der Waals surface area (Å²) in [6, 6.07) is 23.1. The van der Waals surface area contributed by atoms with Crippen LogP contribution in [0.5, 0.6) is 11.5 Å². The fourth-order valence-corrected chi connectivity index (χ4v) is 4.84. The molecule has 3 aromatic carbocycles. The molecule has 0 saturated carbocycles. The molecule has 0 fully saturated rings. The molecule has 0 aliphatic carbocycles. The second-order valence-corrected chi connectivity index (χ2v) is 9.08. The summed E-state index contributed by atoms with van der Waals surface area (Å²) in [6.45, 7) is 0.605. The van der Waals surface area contributed by atoms with Crippen LogP contribution in [0.25, 0.3) is 16.7 Å². The number of nitrogens with one attached hydrogen (secondary N) is 1. The van der Waals surface area contributed by atoms with Crippen LogP contribution >= 0.6 is 11.8 Å². The molecule has 0 atom stereocenters. The lowest BCUT2D eigenvalue weighted by molar-refractivity contribution is -0.115. The zero-order valence-electron chi connectivity index (χ0n) is 19.1. The first-order chi connectivity index (χ1) is 17.7. The first-order valence-corrected chi connectivity index (χ1v) is 12.3. The lowest BCUT2D eigenvalue weighted by atomic mass is 10.2. The van der Waals surface area contributed by atoms with Gasteiger partial charge in [-0.1, -0.05) is 47.3 Å². The van der Waals surface area contributed by atoms with Crippen LogP contribution in [0.4, 0.5) is 5.69 Å². The molecule has 0 bridgehead atoms. The van der Waals surface area contributed by atoms with Crippen molar-refractivity contribution in [1.82, 2.24) is 29.8 Å². The number of benzene rings is 3. The van der Waals surface area contributed by atoms with Crippen LogP contribution in [0.15, 0.2) is 78.0 Å². The van der Waals surface area contributed by atoms with E-state index in [0.717, 1.165) is 22.5 Å². The summed E-state index contributed by atoms with van der Waals surface area (Å²) < 4.78 is 14.5. The van der Waals surface area contributed by atoms with Gasteiger partial charge in [-0.05, 0) is 36.4 Å². The number of thioether (sulfide) groups is 1. The molecule has 1 amide bonds. The summed E-state index contributed by atoms with van der Waals surface area (Å²) in [6.07, 6.45) is 0.309. The van der Waals surface area contributed by atoms with E-state index >= 15 is 0 Å². The van der Waals surface area contributed by atoms with Crippen molar-refractivity contribution >= 4 is 34.4 Å². The van der Waals surface area contributed by atoms with Gasteiger partial charge in [-0.2, -0.15) is 0 Å². The summed E-state index contributed by atoms with van der Waals surface area (Å²) >= 11 is 1.48. The standard InChI is InChI=1S/C25H21N7O3S/c33-24(26-17-10-11-21-22(14-17)35-16-34-21)12-13-36-25-29-28-23(32(25)18-6-2-1-3-7-18)15-31-20-9-5-4-8-19(20)27-30-31/h1-11,14H,12-13,15-16H2,(H,26,33). The molecule has 0 saturated heterocycles. The lowest BCUT2D eigenvalue weighted by Crippen LogP contribution is -2.12. The van der Waals surface area contributed by atoms with Crippen molar-refractivity contribution in [3.05, 3.63) is 78.6 Å². The largest absolute Gasteiger partial charge is 0.454 e. The van der Waals surface area contributed by atoms with Crippen LogP contribution in [-0.4, -0.2) is 48.2 Å². The van der Waals surface area contributed by atoms with Crippen LogP contribution in [0.1, 0.15) is 12.2 Å². The van der Waals surface area contributed by atoms with E-state index in [1.807, 2.05) is 63.8 Å². The molecule has 0 spiro atoms. The van der Waals surface area contributed by atoms with Gasteiger partial charge < -0.3 is 14.8 Å². The highest BCUT2D eigenvalue weighted by Gasteiger charge is 2.18. The van der Waals surface area contributed by atoms with Gasteiger partial charge in [-0.25, -0.2) is 4.68 Å². The van der Waals surface area contributed by atoms with Crippen molar-refractivity contribution in [2.75, 3.05) is 17.9 Å². The maximum atomic E-state index is 12.5. The van der Waals surface area contributed by atoms with Crippen LogP contribution in [-0.2, 0) is 11.3 Å². The highest BCUT2D eigenvalue weighted by atomic mass is 32.2. The Morgan fingerprint density at radius 2 is 1.78 bits per heavy atom. The zero-order chi connectivity index (χ0) is 24.3. The third-order valence-electron chi connectivity index (χ3n) is 5.64. The number of carbonyl (C=O) groups excluding carboxylic acids is 1. The molecular formula is C25H21N7O3S. The number of aromatic nitrogens is 6. The van der Waals surface area contributed by atoms with Crippen LogP contribution in [0.3, 0.4) is 0 Å². The first kappa shape index (κ1) is 22.1. The molecule has 10 nitrogen and oxygen atoms in total. The lowest BCUT2D eigenvalue weighted by Gasteiger charge is -2.10. The van der Waals surface area contributed by atoms with Crippen molar-refractivity contribution in [2.24, 2.45) is 0 Å². The van der Waals surface area contributed by atoms with Gasteiger partial charge in [0.05, 0.1) is 5.52 Å². The van der Waals surface area contributed by atoms with E-state index in [4.69, 9.17) is 9.47 Å². The van der Waals surface area contributed by atoms with E-state index in [0.29, 0.717) is 41.1 Å². The van der Waals surface area contributed by atoms with E-state index in [2.05, 4.69) is 25.8 Å². The summed E-state index contributed by atoms with van der Waals surface area (Å²) in [5.74, 6) is 2.48. The molecule has 180 valence electrons. The fourth-order valence-electron chi connectivity index (χ4n) is 3.93. The molecular weight excluding hydrogens is 478 g/mol. The van der Waals surface area contributed by atoms with E-state index in [1.54, 1.807) is 18.2 Å². The van der Waals surface area contributed by atoms with Gasteiger partial charge >= 0.3 is 0 Å². The van der Waals surface area contributed by atoms with Gasteiger partial charge in [-0.15, -0.1) is 15.3 Å². The van der Waals surface area contributed by atoms with E-state index < -0.39 is 0 Å². The summed E-state index contributed by atoms with van der Waals surface area (Å²) in [7, 11) is 0. The predicted octanol–water partition coefficient (Wildman–Crippen LogP) is 3.91. The Morgan fingerprint density at radius 1 is 0.944 bits per heavy atom. The van der Waals surface area contributed by atoms with Crippen LogP contribution in [0, 0.1) is 0 Å². The average molecular weight is 500 g/mol. The van der Waals surface area contributed by atoms with E-state index in [9.17, 15) is 4.79 Å². The number of fused-ring (bicyclic) bond motifs is 2. The van der Waals surface area contributed by atoms with Crippen LogP contribution in [0.2, 0.25) is 0 Å². The topological polar surface area (TPSA) is 109 Å². The molecule has 0 unspecified atom stereocenters. The van der Waals surface area contributed by atoms with E-state index in [-0.39, 0.29) is 12.7 Å². The van der Waals surface area contributed by atoms with Gasteiger partial charge in [0, 0.05) is 29.6 Å². The Kier molecular flexibility index (Phi) is 5.96. The number of rotatable bonds is 8. The second-order valence-electron chi connectivity index (χ2n) is 8.02. The van der Waals surface area contributed by atoms with Crippen molar-refractivity contribution in [3.8, 4) is 17.2 Å². The number of nitrogens with zero attached hydrogens (tertiary/aromatic N) is 6. The first-order valence-electron chi connectivity index (χ1n) is 11.3. The molecule has 36 heavy (non-hydrogen) atoms. The van der Waals surface area contributed by atoms with Crippen molar-refractivity contribution in [1.29, 1.82) is 0 Å². The van der Waals surface area contributed by atoms with Gasteiger partial charge in [-0.3, -0.25) is 9.36 Å². The van der Waals surface area contributed by atoms with Gasteiger partial charge in [0.2, 0.25) is 12.7 Å². The Bertz CT molecular complexity index is 1530. The smallest absolute Gasteiger partial charge is 0.231 e. The quantitative estimate of drug-likeness (QED) is 0.320. The second kappa shape index (κ2) is 9.70. The zero-order valence-corrected chi connectivity index (χ0v) is 19.9. The predicted molar refractivity (Wildman–Crippen MR) is 135 cm³/mol. The maximum absolute atomic E-state index is 12.5. The number of amides is 1. The van der Waals surface area contributed by atoms with E-state index in [1.165, 1.54) is 11.8 Å². The summed E-state index contributed by atoms with van der Waals surface area (Å²) in [4.78, 5) is 12.5. The van der Waals surface area contributed by atoms with Gasteiger partial charge in [0.1, 0.15) is 12.1 Å². The minimum absolute atomic E-state index is 0.0959. The minimum atomic E-state index is -0.0959. The highest BCUT2D eigenvalue weighted by Crippen LogP contribution is 2.34. The van der Waals surface area contributed by atoms with Crippen molar-refractivity contribution in [2.45, 2.75) is 18.1 Å². The number of ether oxygens (including phenoxy) is 2. The van der Waals surface area contributed by atoms with Crippen LogP contribution < -0.4 is 14.8 Å². The number of para-hydroxylation sites is 2. The third-order valence-corrected chi connectivity index (χ3v) is 6.57. The monoisotopic (exact) mass is 499 g/mol. The molecule has 1 aliphatic rings. The summed E-state index contributed by atoms with van der Waals surface area (Å²) in [5.41, 5.74) is 3.36. The Labute approximate surface area is 210 Å². The molecule has 1 N–H and O–H groups in total. The fraction of sp³-hybridized carbons (Fsp3) is 0.160. The molecule has 11 heteroatoms. The highest BCUT2D eigenvalue weighted by molar-refractivity contribution is 7.99. The van der Waals surface area contributed by atoms with Crippen molar-refractivity contribution < 1.29 is 14.3 Å². The van der Waals surface area contributed by atoms with Crippen molar-refractivity contribution in [3.63, 3.8) is 0 Å². The number of hydrogen-bond donors (Lipinski definition) is 1. The number of hydrogen-bond acceptors (Lipinski definition) is 8. The number of anilines is 1.